The van der Waals surface area contributed by atoms with E-state index in [1.165, 1.54) is 76.7 Å². The number of hydrogen-bond acceptors (Lipinski definition) is 1. The van der Waals surface area contributed by atoms with E-state index in [-0.39, 0.29) is 0 Å². The molecule has 0 radical (unpaired) electrons. The van der Waals surface area contributed by atoms with Gasteiger partial charge in [0.15, 0.2) is 0 Å². The van der Waals surface area contributed by atoms with Crippen LogP contribution in [-0.4, -0.2) is 4.57 Å². The molecule has 11 rings (SSSR count). The lowest BCUT2D eigenvalue weighted by Crippen LogP contribution is -2.10. The maximum atomic E-state index is 2.43. The maximum Gasteiger partial charge on any atom is 0.0562 e. The highest BCUT2D eigenvalue weighted by Gasteiger charge is 2.21. The van der Waals surface area contributed by atoms with Crippen molar-refractivity contribution in [1.29, 1.82) is 0 Å². The molecule has 0 N–H and O–H groups in total. The minimum Gasteiger partial charge on any atom is -0.310 e. The van der Waals surface area contributed by atoms with Crippen LogP contribution in [0, 0.1) is 0 Å². The summed E-state index contributed by atoms with van der Waals surface area (Å²) in [6, 6.07) is 83.7. The smallest absolute Gasteiger partial charge is 0.0562 e. The molecule has 0 saturated heterocycles. The van der Waals surface area contributed by atoms with Gasteiger partial charge in [0.25, 0.3) is 0 Å². The SMILES string of the molecule is c1ccc(-c2cccc3ccc(-c4ccc(N(c5ccc(-c6cccc7ccccc67)cc5)c5cccc6c5c5ccccc5n6-c5ccccc5)cc4)cc23)cc1. The van der Waals surface area contributed by atoms with Gasteiger partial charge < -0.3 is 9.47 Å². The number of aromatic nitrogens is 1. The molecule has 11 aromatic rings. The molecule has 0 aliphatic rings. The lowest BCUT2D eigenvalue weighted by Gasteiger charge is -2.27. The van der Waals surface area contributed by atoms with E-state index in [4.69, 9.17) is 0 Å². The fourth-order valence-corrected chi connectivity index (χ4v) is 8.86. The third-order valence-corrected chi connectivity index (χ3v) is 11.6. The Morgan fingerprint density at radius 2 is 0.828 bits per heavy atom. The lowest BCUT2D eigenvalue weighted by molar-refractivity contribution is 1.18. The number of rotatable bonds is 7. The van der Waals surface area contributed by atoms with Gasteiger partial charge in [-0.25, -0.2) is 0 Å². The topological polar surface area (TPSA) is 8.17 Å². The summed E-state index contributed by atoms with van der Waals surface area (Å²) >= 11 is 0. The van der Waals surface area contributed by atoms with Gasteiger partial charge in [0, 0.05) is 27.8 Å². The summed E-state index contributed by atoms with van der Waals surface area (Å²) in [5.74, 6) is 0. The summed E-state index contributed by atoms with van der Waals surface area (Å²) in [6.07, 6.45) is 0. The van der Waals surface area contributed by atoms with Gasteiger partial charge >= 0.3 is 0 Å². The van der Waals surface area contributed by atoms with Crippen molar-refractivity contribution < 1.29 is 0 Å². The third-order valence-electron chi connectivity index (χ3n) is 11.6. The molecule has 0 fully saturated rings. The minimum atomic E-state index is 1.09. The second kappa shape index (κ2) is 14.1. The number of benzene rings is 10. The molecule has 0 aliphatic carbocycles. The van der Waals surface area contributed by atoms with Crippen LogP contribution in [0.5, 0.6) is 0 Å². The molecule has 1 aromatic heterocycles. The Morgan fingerprint density at radius 1 is 0.310 bits per heavy atom. The van der Waals surface area contributed by atoms with E-state index in [9.17, 15) is 0 Å². The van der Waals surface area contributed by atoms with E-state index in [1.807, 2.05) is 0 Å². The molecule has 0 unspecified atom stereocenters. The van der Waals surface area contributed by atoms with Gasteiger partial charge in [-0.3, -0.25) is 0 Å². The van der Waals surface area contributed by atoms with Crippen LogP contribution in [0.15, 0.2) is 231 Å². The average Bonchev–Trinajstić information content (AvgIpc) is 3.65. The van der Waals surface area contributed by atoms with Gasteiger partial charge in [-0.1, -0.05) is 170 Å². The summed E-state index contributed by atoms with van der Waals surface area (Å²) in [6.45, 7) is 0. The highest BCUT2D eigenvalue weighted by Crippen LogP contribution is 2.45. The van der Waals surface area contributed by atoms with Gasteiger partial charge in [-0.15, -0.1) is 0 Å². The van der Waals surface area contributed by atoms with Crippen LogP contribution in [0.2, 0.25) is 0 Å². The zero-order valence-electron chi connectivity index (χ0n) is 31.8. The van der Waals surface area contributed by atoms with Gasteiger partial charge in [0.2, 0.25) is 0 Å². The fourth-order valence-electron chi connectivity index (χ4n) is 8.86. The Balaban J connectivity index is 1.07. The van der Waals surface area contributed by atoms with Gasteiger partial charge in [0.1, 0.15) is 0 Å². The van der Waals surface area contributed by atoms with E-state index in [1.54, 1.807) is 0 Å². The molecular formula is C56H38N2. The molecule has 0 amide bonds. The van der Waals surface area contributed by atoms with Crippen molar-refractivity contribution in [3.63, 3.8) is 0 Å². The van der Waals surface area contributed by atoms with Crippen molar-refractivity contribution >= 4 is 60.4 Å². The number of anilines is 3. The predicted octanol–water partition coefficient (Wildman–Crippen LogP) is 15.6. The molecule has 2 nitrogen and oxygen atoms in total. The molecule has 10 aromatic carbocycles. The van der Waals surface area contributed by atoms with E-state index >= 15 is 0 Å². The molecule has 0 spiro atoms. The monoisotopic (exact) mass is 738 g/mol. The number of para-hydroxylation sites is 2. The Hall–Kier alpha value is -7.68. The van der Waals surface area contributed by atoms with Crippen molar-refractivity contribution in [1.82, 2.24) is 4.57 Å². The van der Waals surface area contributed by atoms with Crippen LogP contribution < -0.4 is 4.90 Å². The van der Waals surface area contributed by atoms with Crippen LogP contribution in [0.25, 0.3) is 82.4 Å². The molecule has 58 heavy (non-hydrogen) atoms. The average molecular weight is 739 g/mol. The number of hydrogen-bond donors (Lipinski definition) is 0. The van der Waals surface area contributed by atoms with Gasteiger partial charge in [0.05, 0.1) is 16.7 Å². The minimum absolute atomic E-state index is 1.09. The van der Waals surface area contributed by atoms with Crippen LogP contribution in [0.3, 0.4) is 0 Å². The first-order valence-electron chi connectivity index (χ1n) is 19.9. The van der Waals surface area contributed by atoms with Gasteiger partial charge in [-0.2, -0.15) is 0 Å². The number of fused-ring (bicyclic) bond motifs is 5. The summed E-state index contributed by atoms with van der Waals surface area (Å²) in [7, 11) is 0. The molecule has 0 bridgehead atoms. The molecular weight excluding hydrogens is 701 g/mol. The predicted molar refractivity (Wildman–Crippen MR) is 247 cm³/mol. The summed E-state index contributed by atoms with van der Waals surface area (Å²) in [5.41, 5.74) is 14.1. The van der Waals surface area contributed by atoms with Gasteiger partial charge in [-0.05, 0) is 116 Å². The Labute approximate surface area is 338 Å². The van der Waals surface area contributed by atoms with Crippen molar-refractivity contribution in [2.24, 2.45) is 0 Å². The van der Waals surface area contributed by atoms with E-state index in [0.717, 1.165) is 22.7 Å². The van der Waals surface area contributed by atoms with E-state index < -0.39 is 0 Å². The van der Waals surface area contributed by atoms with E-state index in [0.29, 0.717) is 0 Å². The van der Waals surface area contributed by atoms with Crippen LogP contribution in [0.1, 0.15) is 0 Å². The number of nitrogens with zero attached hydrogens (tertiary/aromatic N) is 2. The maximum absolute atomic E-state index is 2.43. The quantitative estimate of drug-likeness (QED) is 0.158. The normalized spacial score (nSPS) is 11.4. The van der Waals surface area contributed by atoms with Crippen LogP contribution in [-0.2, 0) is 0 Å². The van der Waals surface area contributed by atoms with Crippen molar-refractivity contribution in [2.75, 3.05) is 4.90 Å². The molecule has 0 aliphatic heterocycles. The largest absolute Gasteiger partial charge is 0.310 e. The summed E-state index contributed by atoms with van der Waals surface area (Å²) < 4.78 is 2.39. The fraction of sp³-hybridized carbons (Fsp3) is 0. The van der Waals surface area contributed by atoms with Crippen molar-refractivity contribution in [3.05, 3.63) is 231 Å². The molecule has 272 valence electrons. The molecule has 0 atom stereocenters. The Morgan fingerprint density at radius 3 is 1.57 bits per heavy atom. The summed E-state index contributed by atoms with van der Waals surface area (Å²) in [5, 5.41) is 7.43. The lowest BCUT2D eigenvalue weighted by atomic mass is 9.95. The van der Waals surface area contributed by atoms with Crippen LogP contribution in [0.4, 0.5) is 17.1 Å². The first-order valence-corrected chi connectivity index (χ1v) is 19.9. The van der Waals surface area contributed by atoms with Crippen molar-refractivity contribution in [3.8, 4) is 39.1 Å². The zero-order valence-corrected chi connectivity index (χ0v) is 31.8. The molecule has 1 heterocycles. The standard InChI is InChI=1S/C56H38N2/c1-3-14-40(15-4-1)50-24-12-18-42-28-29-44(38-52(42)50)39-30-34-46(35-31-39)57(47-36-32-43(33-37-47)49-23-11-17-41-16-7-8-21-48(41)49)54-26-13-27-55-56(54)51-22-9-10-25-53(51)58(55)45-19-5-2-6-20-45/h1-38H. The highest BCUT2D eigenvalue weighted by atomic mass is 15.1. The molecule has 0 saturated carbocycles. The van der Waals surface area contributed by atoms with Crippen molar-refractivity contribution in [2.45, 2.75) is 0 Å². The Kier molecular flexibility index (Phi) is 8.19. The summed E-state index contributed by atoms with van der Waals surface area (Å²) in [4.78, 5) is 2.43. The van der Waals surface area contributed by atoms with E-state index in [2.05, 4.69) is 240 Å². The first kappa shape index (κ1) is 33.6. The van der Waals surface area contributed by atoms with Crippen LogP contribution >= 0.6 is 0 Å². The second-order valence-corrected chi connectivity index (χ2v) is 14.9. The third kappa shape index (κ3) is 5.74. The second-order valence-electron chi connectivity index (χ2n) is 14.9. The Bertz CT molecular complexity index is 3250. The highest BCUT2D eigenvalue weighted by molar-refractivity contribution is 6.16. The molecule has 2 heteroatoms. The first-order chi connectivity index (χ1) is 28.8. The zero-order chi connectivity index (χ0) is 38.4.